The minimum Gasteiger partial charge on any atom is -0.466 e. The van der Waals surface area contributed by atoms with Crippen LogP contribution in [0.2, 0.25) is 0 Å². The van der Waals surface area contributed by atoms with Gasteiger partial charge in [-0.15, -0.1) is 0 Å². The number of methoxy groups -OCH3 is 1. The molecule has 24 heavy (non-hydrogen) atoms. The summed E-state index contributed by atoms with van der Waals surface area (Å²) in [6.45, 7) is 4.93. The predicted octanol–water partition coefficient (Wildman–Crippen LogP) is 4.07. The van der Waals surface area contributed by atoms with Crippen molar-refractivity contribution in [3.63, 3.8) is 0 Å². The maximum atomic E-state index is 12.1. The fourth-order valence-electron chi connectivity index (χ4n) is 7.53. The fraction of sp³-hybridized carbons (Fsp3) is 0.857. The second-order valence-electron chi connectivity index (χ2n) is 9.62. The number of carbonyl (C=O) groups excluding carboxylic acids is 1. The van der Waals surface area contributed by atoms with Crippen LogP contribution >= 0.6 is 0 Å². The van der Waals surface area contributed by atoms with Crippen LogP contribution in [0.4, 0.5) is 0 Å². The van der Waals surface area contributed by atoms with E-state index in [1.165, 1.54) is 45.6 Å². The van der Waals surface area contributed by atoms with E-state index >= 15 is 0 Å². The van der Waals surface area contributed by atoms with Gasteiger partial charge in [0.1, 0.15) is 0 Å². The number of esters is 1. The number of nitrogens with two attached hydrogens (primary N) is 1. The van der Waals surface area contributed by atoms with Crippen LogP contribution in [-0.4, -0.2) is 19.1 Å². The number of ether oxygens (including phenoxy) is 1. The van der Waals surface area contributed by atoms with Crippen LogP contribution < -0.4 is 5.73 Å². The summed E-state index contributed by atoms with van der Waals surface area (Å²) in [5.41, 5.74) is 8.38. The Morgan fingerprint density at radius 2 is 2.08 bits per heavy atom. The molecule has 0 aromatic rings. The van der Waals surface area contributed by atoms with E-state index in [1.807, 2.05) is 0 Å². The average Bonchev–Trinajstić information content (AvgIpc) is 2.93. The zero-order valence-electron chi connectivity index (χ0n) is 15.5. The molecule has 7 atom stereocenters. The molecule has 2 unspecified atom stereocenters. The average molecular weight is 332 g/mol. The third-order valence-electron chi connectivity index (χ3n) is 8.51. The highest BCUT2D eigenvalue weighted by molar-refractivity contribution is 5.88. The number of allylic oxidation sites excluding steroid dienone is 1. The van der Waals surface area contributed by atoms with Gasteiger partial charge in [-0.25, -0.2) is 4.79 Å². The van der Waals surface area contributed by atoms with Gasteiger partial charge in [0.15, 0.2) is 0 Å². The molecule has 4 aliphatic carbocycles. The van der Waals surface area contributed by atoms with Crippen molar-refractivity contribution in [1.82, 2.24) is 0 Å². The lowest BCUT2D eigenvalue weighted by Crippen LogP contribution is -2.59. The summed E-state index contributed by atoms with van der Waals surface area (Å²) in [5.74, 6) is 2.74. The summed E-state index contributed by atoms with van der Waals surface area (Å²) in [4.78, 5) is 12.1. The SMILES string of the molecule is COC(=O)C1=CCC2CC[C@@H]3[C@@H](C(N)C[C@]4(C)CCC[C@@H]34)[C@@]2(C)C1. The highest BCUT2D eigenvalue weighted by Gasteiger charge is 2.60. The van der Waals surface area contributed by atoms with Gasteiger partial charge in [0.2, 0.25) is 0 Å². The van der Waals surface area contributed by atoms with Gasteiger partial charge >= 0.3 is 5.97 Å². The first-order chi connectivity index (χ1) is 11.4. The maximum Gasteiger partial charge on any atom is 0.333 e. The van der Waals surface area contributed by atoms with Gasteiger partial charge in [-0.3, -0.25) is 0 Å². The molecule has 4 aliphatic rings. The molecule has 3 fully saturated rings. The first-order valence-corrected chi connectivity index (χ1v) is 9.92. The van der Waals surface area contributed by atoms with Crippen molar-refractivity contribution < 1.29 is 9.53 Å². The molecule has 0 aromatic heterocycles. The van der Waals surface area contributed by atoms with Crippen molar-refractivity contribution in [2.24, 2.45) is 40.2 Å². The van der Waals surface area contributed by atoms with Crippen molar-refractivity contribution in [3.05, 3.63) is 11.6 Å². The van der Waals surface area contributed by atoms with Crippen LogP contribution in [0.3, 0.4) is 0 Å². The molecule has 0 saturated heterocycles. The van der Waals surface area contributed by atoms with E-state index in [0.717, 1.165) is 30.3 Å². The van der Waals surface area contributed by atoms with Gasteiger partial charge in [-0.05, 0) is 79.4 Å². The summed E-state index contributed by atoms with van der Waals surface area (Å²) >= 11 is 0. The Morgan fingerprint density at radius 1 is 1.29 bits per heavy atom. The Labute approximate surface area is 146 Å². The topological polar surface area (TPSA) is 52.3 Å². The van der Waals surface area contributed by atoms with Crippen LogP contribution in [0, 0.1) is 34.5 Å². The Balaban J connectivity index is 1.68. The molecule has 0 heterocycles. The van der Waals surface area contributed by atoms with E-state index in [-0.39, 0.29) is 11.4 Å². The smallest absolute Gasteiger partial charge is 0.333 e. The summed E-state index contributed by atoms with van der Waals surface area (Å²) in [6, 6.07) is 0.291. The number of rotatable bonds is 1. The van der Waals surface area contributed by atoms with Crippen molar-refractivity contribution in [2.45, 2.75) is 71.3 Å². The molecule has 0 spiro atoms. The maximum absolute atomic E-state index is 12.1. The van der Waals surface area contributed by atoms with Gasteiger partial charge < -0.3 is 10.5 Å². The van der Waals surface area contributed by atoms with Crippen molar-refractivity contribution in [1.29, 1.82) is 0 Å². The fourth-order valence-corrected chi connectivity index (χ4v) is 7.53. The Morgan fingerprint density at radius 3 is 2.83 bits per heavy atom. The second-order valence-corrected chi connectivity index (χ2v) is 9.62. The van der Waals surface area contributed by atoms with Crippen LogP contribution in [0.1, 0.15) is 65.2 Å². The van der Waals surface area contributed by atoms with Gasteiger partial charge in [0.05, 0.1) is 7.11 Å². The third-order valence-corrected chi connectivity index (χ3v) is 8.51. The zero-order valence-corrected chi connectivity index (χ0v) is 15.5. The molecule has 2 N–H and O–H groups in total. The largest absolute Gasteiger partial charge is 0.466 e. The van der Waals surface area contributed by atoms with Gasteiger partial charge in [0, 0.05) is 11.6 Å². The number of carbonyl (C=O) groups is 1. The molecule has 4 rings (SSSR count). The third kappa shape index (κ3) is 2.23. The van der Waals surface area contributed by atoms with Crippen LogP contribution in [-0.2, 0) is 9.53 Å². The molecular weight excluding hydrogens is 298 g/mol. The van der Waals surface area contributed by atoms with Gasteiger partial charge in [-0.1, -0.05) is 26.3 Å². The van der Waals surface area contributed by atoms with Crippen LogP contribution in [0.25, 0.3) is 0 Å². The minimum atomic E-state index is -0.133. The first-order valence-electron chi connectivity index (χ1n) is 9.92. The molecule has 0 aliphatic heterocycles. The molecule has 0 bridgehead atoms. The molecule has 3 heteroatoms. The van der Waals surface area contributed by atoms with E-state index in [1.54, 1.807) is 0 Å². The predicted molar refractivity (Wildman–Crippen MR) is 95.2 cm³/mol. The lowest BCUT2D eigenvalue weighted by Gasteiger charge is -2.61. The van der Waals surface area contributed by atoms with Crippen molar-refractivity contribution >= 4 is 5.97 Å². The summed E-state index contributed by atoms with van der Waals surface area (Å²) in [7, 11) is 1.50. The Kier molecular flexibility index (Phi) is 3.87. The summed E-state index contributed by atoms with van der Waals surface area (Å²) in [6.07, 6.45) is 12.0. The van der Waals surface area contributed by atoms with Crippen molar-refractivity contribution in [3.8, 4) is 0 Å². The van der Waals surface area contributed by atoms with E-state index in [9.17, 15) is 4.79 Å². The lowest BCUT2D eigenvalue weighted by molar-refractivity contribution is -0.139. The Bertz CT molecular complexity index is 570. The summed E-state index contributed by atoms with van der Waals surface area (Å²) in [5, 5.41) is 0. The van der Waals surface area contributed by atoms with E-state index in [4.69, 9.17) is 10.5 Å². The molecule has 0 radical (unpaired) electrons. The molecule has 3 nitrogen and oxygen atoms in total. The minimum absolute atomic E-state index is 0.133. The van der Waals surface area contributed by atoms with Gasteiger partial charge in [-0.2, -0.15) is 0 Å². The quantitative estimate of drug-likeness (QED) is 0.737. The molecule has 0 amide bonds. The normalized spacial score (nSPS) is 50.3. The van der Waals surface area contributed by atoms with E-state index in [0.29, 0.717) is 23.3 Å². The van der Waals surface area contributed by atoms with Crippen LogP contribution in [0.5, 0.6) is 0 Å². The number of hydrogen-bond donors (Lipinski definition) is 1. The van der Waals surface area contributed by atoms with Gasteiger partial charge in [0.25, 0.3) is 0 Å². The molecular formula is C21H33NO2. The standard InChI is InChI=1S/C21H33NO2/c1-20-10-4-5-16(20)15-9-8-14-7-6-13(19(23)24-3)11-21(14,2)18(15)17(22)12-20/h6,14-18H,4-5,7-12,22H2,1-3H3/t14?,15-,16-,17?,18-,20-,21-/m0/s1. The second kappa shape index (κ2) is 5.59. The highest BCUT2D eigenvalue weighted by atomic mass is 16.5. The van der Waals surface area contributed by atoms with E-state index in [2.05, 4.69) is 19.9 Å². The van der Waals surface area contributed by atoms with Crippen molar-refractivity contribution in [2.75, 3.05) is 7.11 Å². The first kappa shape index (κ1) is 16.6. The number of fused-ring (bicyclic) bond motifs is 5. The number of hydrogen-bond acceptors (Lipinski definition) is 3. The molecule has 134 valence electrons. The Hall–Kier alpha value is -0.830. The lowest BCUT2D eigenvalue weighted by atomic mass is 9.44. The monoisotopic (exact) mass is 331 g/mol. The summed E-state index contributed by atoms with van der Waals surface area (Å²) < 4.78 is 5.02. The highest BCUT2D eigenvalue weighted by Crippen LogP contribution is 2.65. The van der Waals surface area contributed by atoms with Crippen LogP contribution in [0.15, 0.2) is 11.6 Å². The molecule has 0 aromatic carbocycles. The zero-order chi connectivity index (χ0) is 17.1. The molecule has 3 saturated carbocycles. The van der Waals surface area contributed by atoms with E-state index < -0.39 is 0 Å².